The van der Waals surface area contributed by atoms with Crippen molar-refractivity contribution in [2.24, 2.45) is 0 Å². The van der Waals surface area contributed by atoms with Crippen LogP contribution >= 0.6 is 0 Å². The minimum absolute atomic E-state index is 0.116. The number of benzene rings is 1. The SMILES string of the molecule is CCS(=O)(=O)CCCC(O)c1ccc2c(c1)OCCO2. The topological polar surface area (TPSA) is 72.8 Å². The molecule has 112 valence electrons. The Morgan fingerprint density at radius 1 is 1.25 bits per heavy atom. The second-order valence-electron chi connectivity index (χ2n) is 4.80. The largest absolute Gasteiger partial charge is 0.486 e. The number of hydrogen-bond acceptors (Lipinski definition) is 5. The van der Waals surface area contributed by atoms with Gasteiger partial charge in [0, 0.05) is 5.75 Å². The number of rotatable bonds is 6. The van der Waals surface area contributed by atoms with Crippen LogP contribution in [0.4, 0.5) is 0 Å². The quantitative estimate of drug-likeness (QED) is 0.866. The molecule has 1 heterocycles. The predicted octanol–water partition coefficient (Wildman–Crippen LogP) is 1.71. The highest BCUT2D eigenvalue weighted by Crippen LogP contribution is 2.33. The van der Waals surface area contributed by atoms with E-state index in [1.54, 1.807) is 25.1 Å². The maximum atomic E-state index is 11.4. The van der Waals surface area contributed by atoms with Crippen molar-refractivity contribution in [3.05, 3.63) is 23.8 Å². The van der Waals surface area contributed by atoms with E-state index in [-0.39, 0.29) is 11.5 Å². The first-order chi connectivity index (χ1) is 9.52. The summed E-state index contributed by atoms with van der Waals surface area (Å²) in [4.78, 5) is 0. The molecular formula is C14H20O5S. The van der Waals surface area contributed by atoms with Gasteiger partial charge >= 0.3 is 0 Å². The maximum Gasteiger partial charge on any atom is 0.161 e. The summed E-state index contributed by atoms with van der Waals surface area (Å²) in [6.45, 7) is 2.66. The molecular weight excluding hydrogens is 280 g/mol. The van der Waals surface area contributed by atoms with E-state index in [1.807, 2.05) is 0 Å². The first-order valence-electron chi connectivity index (χ1n) is 6.80. The molecule has 2 rings (SSSR count). The number of sulfone groups is 1. The van der Waals surface area contributed by atoms with Crippen molar-refractivity contribution in [3.63, 3.8) is 0 Å². The maximum absolute atomic E-state index is 11.4. The number of aliphatic hydroxyl groups excluding tert-OH is 1. The first-order valence-corrected chi connectivity index (χ1v) is 8.62. The smallest absolute Gasteiger partial charge is 0.161 e. The van der Waals surface area contributed by atoms with E-state index in [0.29, 0.717) is 37.6 Å². The van der Waals surface area contributed by atoms with Crippen LogP contribution in [0.15, 0.2) is 18.2 Å². The molecule has 0 aromatic heterocycles. The zero-order chi connectivity index (χ0) is 14.6. The Morgan fingerprint density at radius 3 is 2.65 bits per heavy atom. The highest BCUT2D eigenvalue weighted by molar-refractivity contribution is 7.91. The summed E-state index contributed by atoms with van der Waals surface area (Å²) < 4.78 is 33.7. The zero-order valence-corrected chi connectivity index (χ0v) is 12.4. The van der Waals surface area contributed by atoms with Gasteiger partial charge in [0.15, 0.2) is 11.5 Å². The minimum Gasteiger partial charge on any atom is -0.486 e. The summed E-state index contributed by atoms with van der Waals surface area (Å²) in [5, 5.41) is 10.1. The van der Waals surface area contributed by atoms with Gasteiger partial charge in [-0.25, -0.2) is 8.42 Å². The summed E-state index contributed by atoms with van der Waals surface area (Å²) in [6.07, 6.45) is 0.183. The molecule has 0 saturated heterocycles. The van der Waals surface area contributed by atoms with Crippen molar-refractivity contribution in [3.8, 4) is 11.5 Å². The predicted molar refractivity (Wildman–Crippen MR) is 76.0 cm³/mol. The van der Waals surface area contributed by atoms with Crippen LogP contribution in [0.25, 0.3) is 0 Å². The molecule has 0 spiro atoms. The lowest BCUT2D eigenvalue weighted by Gasteiger charge is -2.20. The molecule has 0 saturated carbocycles. The molecule has 6 heteroatoms. The fourth-order valence-corrected chi connectivity index (χ4v) is 2.97. The van der Waals surface area contributed by atoms with Gasteiger partial charge in [0.2, 0.25) is 0 Å². The van der Waals surface area contributed by atoms with E-state index >= 15 is 0 Å². The van der Waals surface area contributed by atoms with E-state index in [0.717, 1.165) is 5.56 Å². The Kier molecular flexibility index (Phi) is 4.88. The second kappa shape index (κ2) is 6.45. The van der Waals surface area contributed by atoms with Crippen molar-refractivity contribution in [2.75, 3.05) is 24.7 Å². The number of fused-ring (bicyclic) bond motifs is 1. The fraction of sp³-hybridized carbons (Fsp3) is 0.571. The molecule has 0 radical (unpaired) electrons. The van der Waals surface area contributed by atoms with Crippen LogP contribution in [0, 0.1) is 0 Å². The summed E-state index contributed by atoms with van der Waals surface area (Å²) in [5.74, 6) is 1.58. The Bertz CT molecular complexity index is 553. The monoisotopic (exact) mass is 300 g/mol. The molecule has 1 atom stereocenters. The Balaban J connectivity index is 1.94. The van der Waals surface area contributed by atoms with Gasteiger partial charge in [-0.2, -0.15) is 0 Å². The van der Waals surface area contributed by atoms with E-state index in [2.05, 4.69) is 0 Å². The van der Waals surface area contributed by atoms with E-state index < -0.39 is 15.9 Å². The highest BCUT2D eigenvalue weighted by Gasteiger charge is 2.16. The highest BCUT2D eigenvalue weighted by atomic mass is 32.2. The molecule has 20 heavy (non-hydrogen) atoms. The number of hydrogen-bond donors (Lipinski definition) is 1. The van der Waals surface area contributed by atoms with Gasteiger partial charge in [-0.3, -0.25) is 0 Å². The van der Waals surface area contributed by atoms with Crippen LogP contribution in [0.2, 0.25) is 0 Å². The van der Waals surface area contributed by atoms with Gasteiger partial charge in [0.25, 0.3) is 0 Å². The normalized spacial score (nSPS) is 15.9. The minimum atomic E-state index is -2.97. The van der Waals surface area contributed by atoms with E-state index in [1.165, 1.54) is 0 Å². The van der Waals surface area contributed by atoms with E-state index in [4.69, 9.17) is 9.47 Å². The van der Waals surface area contributed by atoms with Crippen LogP contribution < -0.4 is 9.47 Å². The van der Waals surface area contributed by atoms with Crippen LogP contribution in [0.3, 0.4) is 0 Å². The second-order valence-corrected chi connectivity index (χ2v) is 7.27. The third kappa shape index (κ3) is 3.86. The van der Waals surface area contributed by atoms with Gasteiger partial charge in [0.05, 0.1) is 11.9 Å². The average Bonchev–Trinajstić information content (AvgIpc) is 2.46. The average molecular weight is 300 g/mol. The molecule has 5 nitrogen and oxygen atoms in total. The lowest BCUT2D eigenvalue weighted by molar-refractivity contribution is 0.159. The summed E-state index contributed by atoms with van der Waals surface area (Å²) in [5.41, 5.74) is 0.725. The fourth-order valence-electron chi connectivity index (χ4n) is 2.07. The van der Waals surface area contributed by atoms with Crippen molar-refractivity contribution >= 4 is 9.84 Å². The molecule has 1 aromatic rings. The Labute approximate surface area is 119 Å². The lowest BCUT2D eigenvalue weighted by Crippen LogP contribution is -2.15. The Morgan fingerprint density at radius 2 is 1.95 bits per heavy atom. The van der Waals surface area contributed by atoms with Crippen molar-refractivity contribution in [1.29, 1.82) is 0 Å². The third-order valence-electron chi connectivity index (χ3n) is 3.32. The van der Waals surface area contributed by atoms with Crippen molar-refractivity contribution in [1.82, 2.24) is 0 Å². The molecule has 1 unspecified atom stereocenters. The molecule has 0 amide bonds. The molecule has 1 aliphatic rings. The Hall–Kier alpha value is -1.27. The third-order valence-corrected chi connectivity index (χ3v) is 5.11. The summed E-state index contributed by atoms with van der Waals surface area (Å²) in [6, 6.07) is 5.32. The molecule has 0 aliphatic carbocycles. The number of aliphatic hydroxyl groups is 1. The van der Waals surface area contributed by atoms with Crippen LogP contribution in [0.1, 0.15) is 31.4 Å². The molecule has 0 bridgehead atoms. The first kappa shape index (κ1) is 15.1. The molecule has 1 aromatic carbocycles. The molecule has 1 N–H and O–H groups in total. The van der Waals surface area contributed by atoms with Gasteiger partial charge in [-0.05, 0) is 30.5 Å². The standard InChI is InChI=1S/C14H20O5S/c1-2-20(16,17)9-3-4-12(15)11-5-6-13-14(10-11)19-8-7-18-13/h5-6,10,12,15H,2-4,7-9H2,1H3. The molecule has 1 aliphatic heterocycles. The van der Waals surface area contributed by atoms with Gasteiger partial charge in [0.1, 0.15) is 23.1 Å². The number of ether oxygens (including phenoxy) is 2. The van der Waals surface area contributed by atoms with Crippen LogP contribution in [0.5, 0.6) is 11.5 Å². The van der Waals surface area contributed by atoms with Crippen molar-refractivity contribution < 1.29 is 23.0 Å². The van der Waals surface area contributed by atoms with Crippen LogP contribution in [-0.4, -0.2) is 38.2 Å². The van der Waals surface area contributed by atoms with Gasteiger partial charge in [-0.15, -0.1) is 0 Å². The zero-order valence-electron chi connectivity index (χ0n) is 11.5. The summed E-state index contributed by atoms with van der Waals surface area (Å²) in [7, 11) is -2.97. The lowest BCUT2D eigenvalue weighted by atomic mass is 10.0. The van der Waals surface area contributed by atoms with Crippen LogP contribution in [-0.2, 0) is 9.84 Å². The van der Waals surface area contributed by atoms with E-state index in [9.17, 15) is 13.5 Å². The van der Waals surface area contributed by atoms with Gasteiger partial charge in [-0.1, -0.05) is 13.0 Å². The summed E-state index contributed by atoms with van der Waals surface area (Å²) >= 11 is 0. The molecule has 0 fully saturated rings. The van der Waals surface area contributed by atoms with Crippen molar-refractivity contribution in [2.45, 2.75) is 25.9 Å². The van der Waals surface area contributed by atoms with Gasteiger partial charge < -0.3 is 14.6 Å².